The van der Waals surface area contributed by atoms with Gasteiger partial charge in [0.05, 0.1) is 19.3 Å². The molecule has 0 aliphatic rings. The molecule has 0 aliphatic heterocycles. The van der Waals surface area contributed by atoms with Gasteiger partial charge in [-0.3, -0.25) is 0 Å². The first-order valence-electron chi connectivity index (χ1n) is 5.25. The van der Waals surface area contributed by atoms with E-state index in [0.717, 1.165) is 5.56 Å². The molecule has 0 aliphatic carbocycles. The summed E-state index contributed by atoms with van der Waals surface area (Å²) in [5.41, 5.74) is 0.550. The average molecular weight is 219 g/mol. The summed E-state index contributed by atoms with van der Waals surface area (Å²) in [6, 6.07) is 11.6. The van der Waals surface area contributed by atoms with Crippen molar-refractivity contribution in [1.82, 2.24) is 0 Å². The monoisotopic (exact) mass is 219 g/mol. The van der Waals surface area contributed by atoms with Crippen molar-refractivity contribution in [3.05, 3.63) is 35.9 Å². The van der Waals surface area contributed by atoms with Crippen LogP contribution in [0.4, 0.5) is 0 Å². The van der Waals surface area contributed by atoms with Crippen LogP contribution in [0, 0.1) is 16.7 Å². The third-order valence-electron chi connectivity index (χ3n) is 2.45. The SMILES string of the molecule is CC(C)(COCc1ccccc1)C(O)C#N. The van der Waals surface area contributed by atoms with E-state index in [2.05, 4.69) is 0 Å². The second kappa shape index (κ2) is 5.64. The molecule has 1 N–H and O–H groups in total. The van der Waals surface area contributed by atoms with Gasteiger partial charge in [-0.25, -0.2) is 0 Å². The molecule has 86 valence electrons. The van der Waals surface area contributed by atoms with Crippen molar-refractivity contribution in [3.8, 4) is 6.07 Å². The number of benzene rings is 1. The normalized spacial score (nSPS) is 13.1. The van der Waals surface area contributed by atoms with E-state index in [4.69, 9.17) is 10.00 Å². The Hall–Kier alpha value is -1.37. The van der Waals surface area contributed by atoms with Crippen LogP contribution in [-0.4, -0.2) is 17.8 Å². The number of hydrogen-bond donors (Lipinski definition) is 1. The van der Waals surface area contributed by atoms with E-state index in [-0.39, 0.29) is 0 Å². The molecule has 1 aromatic rings. The van der Waals surface area contributed by atoms with E-state index in [0.29, 0.717) is 13.2 Å². The molecule has 1 unspecified atom stereocenters. The first kappa shape index (κ1) is 12.7. The summed E-state index contributed by atoms with van der Waals surface area (Å²) >= 11 is 0. The van der Waals surface area contributed by atoms with Crippen molar-refractivity contribution in [2.45, 2.75) is 26.6 Å². The highest BCUT2D eigenvalue weighted by Gasteiger charge is 2.27. The van der Waals surface area contributed by atoms with Gasteiger partial charge in [0.1, 0.15) is 6.10 Å². The summed E-state index contributed by atoms with van der Waals surface area (Å²) in [7, 11) is 0. The summed E-state index contributed by atoms with van der Waals surface area (Å²) in [4.78, 5) is 0. The highest BCUT2D eigenvalue weighted by atomic mass is 16.5. The maximum atomic E-state index is 9.44. The Morgan fingerprint density at radius 2 is 2.00 bits per heavy atom. The molecule has 0 fully saturated rings. The molecule has 0 saturated heterocycles. The molecule has 1 atom stereocenters. The standard InChI is InChI=1S/C13H17NO2/c1-13(2,12(15)8-14)10-16-9-11-6-4-3-5-7-11/h3-7,12,15H,9-10H2,1-2H3. The van der Waals surface area contributed by atoms with Crippen LogP contribution in [0.1, 0.15) is 19.4 Å². The second-order valence-corrected chi connectivity index (χ2v) is 4.50. The molecule has 0 aromatic heterocycles. The minimum Gasteiger partial charge on any atom is -0.377 e. The van der Waals surface area contributed by atoms with Gasteiger partial charge in [0.15, 0.2) is 0 Å². The molecule has 1 aromatic carbocycles. The van der Waals surface area contributed by atoms with Crippen LogP contribution in [0.15, 0.2) is 30.3 Å². The number of nitriles is 1. The molecule has 1 rings (SSSR count). The maximum Gasteiger partial charge on any atom is 0.147 e. The largest absolute Gasteiger partial charge is 0.377 e. The fourth-order valence-corrected chi connectivity index (χ4v) is 1.26. The minimum atomic E-state index is -0.997. The van der Waals surface area contributed by atoms with E-state index in [1.54, 1.807) is 0 Å². The zero-order valence-corrected chi connectivity index (χ0v) is 9.68. The van der Waals surface area contributed by atoms with Gasteiger partial charge in [-0.15, -0.1) is 0 Å². The number of aliphatic hydroxyl groups excluding tert-OH is 1. The molecule has 0 saturated carbocycles. The van der Waals surface area contributed by atoms with Crippen LogP contribution in [0.25, 0.3) is 0 Å². The van der Waals surface area contributed by atoms with Crippen molar-refractivity contribution in [2.24, 2.45) is 5.41 Å². The summed E-state index contributed by atoms with van der Waals surface area (Å²) in [6.07, 6.45) is -0.997. The molecular weight excluding hydrogens is 202 g/mol. The van der Waals surface area contributed by atoms with Crippen molar-refractivity contribution in [3.63, 3.8) is 0 Å². The van der Waals surface area contributed by atoms with Crippen molar-refractivity contribution >= 4 is 0 Å². The van der Waals surface area contributed by atoms with E-state index in [9.17, 15) is 5.11 Å². The highest BCUT2D eigenvalue weighted by Crippen LogP contribution is 2.21. The lowest BCUT2D eigenvalue weighted by atomic mass is 9.88. The van der Waals surface area contributed by atoms with Gasteiger partial charge in [-0.1, -0.05) is 44.2 Å². The van der Waals surface area contributed by atoms with Gasteiger partial charge in [0.25, 0.3) is 0 Å². The number of nitrogens with zero attached hydrogens (tertiary/aromatic N) is 1. The first-order valence-corrected chi connectivity index (χ1v) is 5.25. The van der Waals surface area contributed by atoms with Gasteiger partial charge in [-0.05, 0) is 5.56 Å². The zero-order chi connectivity index (χ0) is 12.0. The molecule has 0 heterocycles. The predicted molar refractivity (Wildman–Crippen MR) is 61.5 cm³/mol. The Labute approximate surface area is 96.3 Å². The van der Waals surface area contributed by atoms with E-state index >= 15 is 0 Å². The quantitative estimate of drug-likeness (QED) is 0.772. The van der Waals surface area contributed by atoms with Gasteiger partial charge in [-0.2, -0.15) is 5.26 Å². The lowest BCUT2D eigenvalue weighted by Gasteiger charge is -2.25. The minimum absolute atomic E-state index is 0.358. The number of aliphatic hydroxyl groups is 1. The molecule has 0 radical (unpaired) electrons. The van der Waals surface area contributed by atoms with Crippen molar-refractivity contribution in [2.75, 3.05) is 6.61 Å². The number of ether oxygens (including phenoxy) is 1. The van der Waals surface area contributed by atoms with Crippen LogP contribution in [0.5, 0.6) is 0 Å². The molecule has 16 heavy (non-hydrogen) atoms. The van der Waals surface area contributed by atoms with Crippen LogP contribution in [0.3, 0.4) is 0 Å². The lowest BCUT2D eigenvalue weighted by molar-refractivity contribution is -0.00572. The second-order valence-electron chi connectivity index (χ2n) is 4.50. The van der Waals surface area contributed by atoms with Gasteiger partial charge in [0, 0.05) is 5.41 Å². The first-order chi connectivity index (χ1) is 7.56. The molecule has 3 heteroatoms. The summed E-state index contributed by atoms with van der Waals surface area (Å²) in [5, 5.41) is 18.1. The molecule has 3 nitrogen and oxygen atoms in total. The van der Waals surface area contributed by atoms with Crippen molar-refractivity contribution < 1.29 is 9.84 Å². The maximum absolute atomic E-state index is 9.44. The summed E-state index contributed by atoms with van der Waals surface area (Å²) in [6.45, 7) is 4.48. The Morgan fingerprint density at radius 1 is 1.38 bits per heavy atom. The zero-order valence-electron chi connectivity index (χ0n) is 9.68. The highest BCUT2D eigenvalue weighted by molar-refractivity contribution is 5.13. The third-order valence-corrected chi connectivity index (χ3v) is 2.45. The van der Waals surface area contributed by atoms with E-state index in [1.165, 1.54) is 0 Å². The average Bonchev–Trinajstić information content (AvgIpc) is 2.29. The van der Waals surface area contributed by atoms with Gasteiger partial charge in [0.2, 0.25) is 0 Å². The van der Waals surface area contributed by atoms with Crippen LogP contribution >= 0.6 is 0 Å². The predicted octanol–water partition coefficient (Wildman–Crippen LogP) is 2.11. The van der Waals surface area contributed by atoms with Crippen LogP contribution in [-0.2, 0) is 11.3 Å². The summed E-state index contributed by atoms with van der Waals surface area (Å²) < 4.78 is 5.50. The van der Waals surface area contributed by atoms with Gasteiger partial charge >= 0.3 is 0 Å². The lowest BCUT2D eigenvalue weighted by Crippen LogP contribution is -2.32. The number of rotatable bonds is 5. The Kier molecular flexibility index (Phi) is 4.48. The van der Waals surface area contributed by atoms with E-state index in [1.807, 2.05) is 50.2 Å². The fraction of sp³-hybridized carbons (Fsp3) is 0.462. The van der Waals surface area contributed by atoms with Crippen LogP contribution < -0.4 is 0 Å². The number of hydrogen-bond acceptors (Lipinski definition) is 3. The Balaban J connectivity index is 2.39. The molecule has 0 spiro atoms. The third kappa shape index (κ3) is 3.65. The molecular formula is C13H17NO2. The Bertz CT molecular complexity index is 354. The van der Waals surface area contributed by atoms with Crippen molar-refractivity contribution in [1.29, 1.82) is 5.26 Å². The smallest absolute Gasteiger partial charge is 0.147 e. The fourth-order valence-electron chi connectivity index (χ4n) is 1.26. The van der Waals surface area contributed by atoms with Crippen LogP contribution in [0.2, 0.25) is 0 Å². The summed E-state index contributed by atoms with van der Waals surface area (Å²) in [5.74, 6) is 0. The molecule has 0 amide bonds. The van der Waals surface area contributed by atoms with Gasteiger partial charge < -0.3 is 9.84 Å². The van der Waals surface area contributed by atoms with E-state index < -0.39 is 11.5 Å². The molecule has 0 bridgehead atoms. The Morgan fingerprint density at radius 3 is 2.56 bits per heavy atom. The topological polar surface area (TPSA) is 53.2 Å².